The second-order valence-corrected chi connectivity index (χ2v) is 6.54. The number of benzene rings is 3. The average Bonchev–Trinajstić information content (AvgIpc) is 3.21. The van der Waals surface area contributed by atoms with E-state index in [9.17, 15) is 4.79 Å². The Balaban J connectivity index is 1.40. The maximum atomic E-state index is 12.4. The van der Waals surface area contributed by atoms with Crippen LogP contribution in [-0.4, -0.2) is 22.6 Å². The van der Waals surface area contributed by atoms with Crippen LogP contribution in [0.25, 0.3) is 22.0 Å². The Bertz CT molecular complexity index is 1050. The van der Waals surface area contributed by atoms with Crippen molar-refractivity contribution < 1.29 is 4.79 Å². The highest BCUT2D eigenvalue weighted by Gasteiger charge is 2.12. The van der Waals surface area contributed by atoms with Gasteiger partial charge in [-0.15, -0.1) is 0 Å². The number of hydrogen-bond acceptors (Lipinski definition) is 2. The van der Waals surface area contributed by atoms with Crippen LogP contribution in [0.3, 0.4) is 0 Å². The van der Waals surface area contributed by atoms with Crippen LogP contribution in [0.4, 0.5) is 0 Å². The molecule has 0 bridgehead atoms. The zero-order valence-electron chi connectivity index (χ0n) is 15.0. The van der Waals surface area contributed by atoms with E-state index in [1.807, 2.05) is 48.5 Å². The number of fused-ring (bicyclic) bond motifs is 1. The molecular formula is C23H21N3O. The van der Waals surface area contributed by atoms with Crippen molar-refractivity contribution in [1.82, 2.24) is 15.5 Å². The van der Waals surface area contributed by atoms with Gasteiger partial charge in [-0.25, -0.2) is 0 Å². The highest BCUT2D eigenvalue weighted by atomic mass is 16.1. The van der Waals surface area contributed by atoms with E-state index in [1.54, 1.807) is 0 Å². The first-order valence-corrected chi connectivity index (χ1v) is 9.17. The summed E-state index contributed by atoms with van der Waals surface area (Å²) in [4.78, 5) is 12.4. The molecule has 4 aromatic rings. The van der Waals surface area contributed by atoms with Crippen LogP contribution >= 0.6 is 0 Å². The van der Waals surface area contributed by atoms with Crippen molar-refractivity contribution in [2.75, 3.05) is 6.54 Å². The Morgan fingerprint density at radius 1 is 0.926 bits per heavy atom. The van der Waals surface area contributed by atoms with Crippen LogP contribution in [0.1, 0.15) is 22.5 Å². The number of rotatable bonds is 6. The molecule has 4 nitrogen and oxygen atoms in total. The van der Waals surface area contributed by atoms with Gasteiger partial charge in [0.15, 0.2) is 0 Å². The first-order valence-electron chi connectivity index (χ1n) is 9.17. The zero-order chi connectivity index (χ0) is 18.5. The van der Waals surface area contributed by atoms with Crippen LogP contribution in [0.2, 0.25) is 0 Å². The predicted molar refractivity (Wildman–Crippen MR) is 109 cm³/mol. The fraction of sp³-hybridized carbons (Fsp3) is 0.130. The van der Waals surface area contributed by atoms with Gasteiger partial charge in [-0.2, -0.15) is 5.10 Å². The second-order valence-electron chi connectivity index (χ2n) is 6.54. The third-order valence-electron chi connectivity index (χ3n) is 4.66. The average molecular weight is 355 g/mol. The topological polar surface area (TPSA) is 57.8 Å². The van der Waals surface area contributed by atoms with Crippen LogP contribution in [0.15, 0.2) is 78.9 Å². The highest BCUT2D eigenvalue weighted by molar-refractivity contribution is 5.98. The summed E-state index contributed by atoms with van der Waals surface area (Å²) in [5.74, 6) is -0.123. The number of nitrogens with zero attached hydrogens (tertiary/aromatic N) is 1. The fourth-order valence-corrected chi connectivity index (χ4v) is 3.26. The van der Waals surface area contributed by atoms with Gasteiger partial charge in [0.1, 0.15) is 5.69 Å². The van der Waals surface area contributed by atoms with E-state index < -0.39 is 0 Å². The minimum Gasteiger partial charge on any atom is -0.351 e. The summed E-state index contributed by atoms with van der Waals surface area (Å²) in [6.07, 6.45) is 1.85. The molecule has 0 saturated carbocycles. The lowest BCUT2D eigenvalue weighted by Gasteiger charge is -2.04. The van der Waals surface area contributed by atoms with E-state index in [1.165, 1.54) is 5.56 Å². The summed E-state index contributed by atoms with van der Waals surface area (Å²) in [6.45, 7) is 0.635. The molecular weight excluding hydrogens is 334 g/mol. The first kappa shape index (κ1) is 17.0. The predicted octanol–water partition coefficient (Wildman–Crippen LogP) is 4.59. The van der Waals surface area contributed by atoms with Crippen molar-refractivity contribution in [3.8, 4) is 11.3 Å². The number of aromatic nitrogens is 2. The Morgan fingerprint density at radius 3 is 2.59 bits per heavy atom. The zero-order valence-corrected chi connectivity index (χ0v) is 15.0. The van der Waals surface area contributed by atoms with Gasteiger partial charge in [0, 0.05) is 12.1 Å². The monoisotopic (exact) mass is 355 g/mol. The van der Waals surface area contributed by atoms with Crippen molar-refractivity contribution in [2.45, 2.75) is 12.8 Å². The molecule has 0 fully saturated rings. The number of nitrogens with one attached hydrogen (secondary N) is 2. The molecule has 134 valence electrons. The van der Waals surface area contributed by atoms with Crippen LogP contribution in [0, 0.1) is 0 Å². The van der Waals surface area contributed by atoms with Crippen molar-refractivity contribution in [1.29, 1.82) is 0 Å². The Labute approximate surface area is 158 Å². The van der Waals surface area contributed by atoms with Crippen molar-refractivity contribution >= 4 is 16.7 Å². The molecule has 0 aliphatic carbocycles. The molecule has 0 aliphatic rings. The molecule has 4 heteroatoms. The summed E-state index contributed by atoms with van der Waals surface area (Å²) in [7, 11) is 0. The van der Waals surface area contributed by atoms with E-state index >= 15 is 0 Å². The van der Waals surface area contributed by atoms with E-state index in [0.717, 1.165) is 34.9 Å². The summed E-state index contributed by atoms with van der Waals surface area (Å²) < 4.78 is 0. The lowest BCUT2D eigenvalue weighted by atomic mass is 10.0. The summed E-state index contributed by atoms with van der Waals surface area (Å²) in [6, 6.07) is 26.4. The molecule has 3 aromatic carbocycles. The SMILES string of the molecule is O=C(NCCCc1ccccc1)c1cc(-c2cccc3ccccc23)n[nH]1. The maximum absolute atomic E-state index is 12.4. The minimum absolute atomic E-state index is 0.123. The van der Waals surface area contributed by atoms with E-state index in [0.29, 0.717) is 12.2 Å². The lowest BCUT2D eigenvalue weighted by molar-refractivity contribution is 0.0948. The third kappa shape index (κ3) is 3.90. The molecule has 0 aliphatic heterocycles. The van der Waals surface area contributed by atoms with Crippen LogP contribution in [0.5, 0.6) is 0 Å². The van der Waals surface area contributed by atoms with Gasteiger partial charge >= 0.3 is 0 Å². The highest BCUT2D eigenvalue weighted by Crippen LogP contribution is 2.27. The molecule has 0 spiro atoms. The number of aryl methyl sites for hydroxylation is 1. The van der Waals surface area contributed by atoms with Gasteiger partial charge in [-0.1, -0.05) is 72.8 Å². The van der Waals surface area contributed by atoms with Gasteiger partial charge in [0.25, 0.3) is 5.91 Å². The molecule has 0 unspecified atom stereocenters. The Kier molecular flexibility index (Phi) is 4.97. The van der Waals surface area contributed by atoms with Crippen LogP contribution < -0.4 is 5.32 Å². The van der Waals surface area contributed by atoms with Crippen LogP contribution in [-0.2, 0) is 6.42 Å². The smallest absolute Gasteiger partial charge is 0.269 e. The third-order valence-corrected chi connectivity index (χ3v) is 4.66. The Morgan fingerprint density at radius 2 is 1.70 bits per heavy atom. The summed E-state index contributed by atoms with van der Waals surface area (Å²) in [5.41, 5.74) is 3.57. The molecule has 4 rings (SSSR count). The molecule has 0 radical (unpaired) electrons. The second kappa shape index (κ2) is 7.87. The van der Waals surface area contributed by atoms with E-state index in [-0.39, 0.29) is 5.91 Å². The number of amides is 1. The largest absolute Gasteiger partial charge is 0.351 e. The molecule has 1 heterocycles. The fourth-order valence-electron chi connectivity index (χ4n) is 3.26. The molecule has 0 saturated heterocycles. The quantitative estimate of drug-likeness (QED) is 0.497. The standard InChI is InChI=1S/C23H21N3O/c27-23(24-15-7-10-17-8-2-1-3-9-17)22-16-21(25-26-22)20-14-6-12-18-11-4-5-13-19(18)20/h1-6,8-9,11-14,16H,7,10,15H2,(H,24,27)(H,25,26). The van der Waals surface area contributed by atoms with Crippen molar-refractivity contribution in [3.63, 3.8) is 0 Å². The number of aromatic amines is 1. The van der Waals surface area contributed by atoms with E-state index in [4.69, 9.17) is 0 Å². The van der Waals surface area contributed by atoms with Gasteiger partial charge in [-0.3, -0.25) is 9.89 Å². The Hall–Kier alpha value is -3.40. The van der Waals surface area contributed by atoms with Gasteiger partial charge in [0.2, 0.25) is 0 Å². The number of carbonyl (C=O) groups is 1. The van der Waals surface area contributed by atoms with E-state index in [2.05, 4.69) is 45.8 Å². The molecule has 27 heavy (non-hydrogen) atoms. The van der Waals surface area contributed by atoms with Crippen molar-refractivity contribution in [3.05, 3.63) is 90.1 Å². The molecule has 0 atom stereocenters. The molecule has 1 amide bonds. The minimum atomic E-state index is -0.123. The first-order chi connectivity index (χ1) is 13.3. The summed E-state index contributed by atoms with van der Waals surface area (Å²) in [5, 5.41) is 12.5. The number of carbonyl (C=O) groups excluding carboxylic acids is 1. The molecule has 2 N–H and O–H groups in total. The van der Waals surface area contributed by atoms with Crippen molar-refractivity contribution in [2.24, 2.45) is 0 Å². The molecule has 1 aromatic heterocycles. The maximum Gasteiger partial charge on any atom is 0.269 e. The lowest BCUT2D eigenvalue weighted by Crippen LogP contribution is -2.25. The van der Waals surface area contributed by atoms with Gasteiger partial charge in [-0.05, 0) is 35.2 Å². The van der Waals surface area contributed by atoms with Gasteiger partial charge < -0.3 is 5.32 Å². The normalized spacial score (nSPS) is 10.8. The summed E-state index contributed by atoms with van der Waals surface area (Å²) >= 11 is 0. The number of hydrogen-bond donors (Lipinski definition) is 2. The number of H-pyrrole nitrogens is 1. The van der Waals surface area contributed by atoms with Gasteiger partial charge in [0.05, 0.1) is 5.69 Å².